The number of piperidine rings is 1. The zero-order valence-corrected chi connectivity index (χ0v) is 10.0. The van der Waals surface area contributed by atoms with E-state index in [-0.39, 0.29) is 5.91 Å². The quantitative estimate of drug-likeness (QED) is 0.741. The van der Waals surface area contributed by atoms with Crippen LogP contribution in [0.4, 0.5) is 0 Å². The maximum atomic E-state index is 12.3. The Kier molecular flexibility index (Phi) is 3.43. The maximum Gasteiger partial charge on any atom is 0.254 e. The number of amides is 1. The van der Waals surface area contributed by atoms with Gasteiger partial charge in [-0.15, -0.1) is 0 Å². The van der Waals surface area contributed by atoms with Crippen molar-refractivity contribution in [3.8, 4) is 6.07 Å². The molecule has 2 rings (SSSR count). The highest BCUT2D eigenvalue weighted by atomic mass is 16.2. The van der Waals surface area contributed by atoms with Crippen LogP contribution in [-0.4, -0.2) is 23.4 Å². The van der Waals surface area contributed by atoms with E-state index in [1.54, 1.807) is 24.3 Å². The second-order valence-electron chi connectivity index (χ2n) is 4.54. The summed E-state index contributed by atoms with van der Waals surface area (Å²) in [6.07, 6.45) is 3.35. The molecule has 0 bridgehead atoms. The third kappa shape index (κ3) is 2.47. The Morgan fingerprint density at radius 2 is 2.29 bits per heavy atom. The van der Waals surface area contributed by atoms with Gasteiger partial charge in [-0.2, -0.15) is 5.26 Å². The summed E-state index contributed by atoms with van der Waals surface area (Å²) in [7, 11) is 0. The lowest BCUT2D eigenvalue weighted by molar-refractivity contribution is 0.0635. The summed E-state index contributed by atoms with van der Waals surface area (Å²) in [5, 5.41) is 8.83. The van der Waals surface area contributed by atoms with E-state index in [0.717, 1.165) is 19.4 Å². The molecule has 3 heteroatoms. The van der Waals surface area contributed by atoms with Crippen LogP contribution in [0.5, 0.6) is 0 Å². The molecule has 0 N–H and O–H groups in total. The zero-order chi connectivity index (χ0) is 12.3. The van der Waals surface area contributed by atoms with E-state index >= 15 is 0 Å². The molecule has 17 heavy (non-hydrogen) atoms. The van der Waals surface area contributed by atoms with Gasteiger partial charge in [-0.05, 0) is 44.4 Å². The summed E-state index contributed by atoms with van der Waals surface area (Å²) in [6.45, 7) is 2.92. The molecule has 1 atom stereocenters. The molecule has 1 heterocycles. The third-order valence-electron chi connectivity index (χ3n) is 3.30. The summed E-state index contributed by atoms with van der Waals surface area (Å²) in [4.78, 5) is 14.2. The summed E-state index contributed by atoms with van der Waals surface area (Å²) in [6, 6.07) is 9.31. The highest BCUT2D eigenvalue weighted by Gasteiger charge is 2.24. The van der Waals surface area contributed by atoms with E-state index in [4.69, 9.17) is 5.26 Å². The van der Waals surface area contributed by atoms with Gasteiger partial charge in [0.1, 0.15) is 0 Å². The second-order valence-corrected chi connectivity index (χ2v) is 4.54. The Labute approximate surface area is 102 Å². The molecule has 1 saturated heterocycles. The van der Waals surface area contributed by atoms with Gasteiger partial charge in [0, 0.05) is 18.2 Å². The summed E-state index contributed by atoms with van der Waals surface area (Å²) in [5.74, 6) is 0.0503. The van der Waals surface area contributed by atoms with Crippen LogP contribution in [0.25, 0.3) is 0 Å². The number of carbonyl (C=O) groups is 1. The Morgan fingerprint density at radius 1 is 1.47 bits per heavy atom. The van der Waals surface area contributed by atoms with Gasteiger partial charge in [0.05, 0.1) is 11.6 Å². The lowest BCUT2D eigenvalue weighted by atomic mass is 10.0. The fourth-order valence-corrected chi connectivity index (χ4v) is 2.29. The van der Waals surface area contributed by atoms with Gasteiger partial charge in [-0.3, -0.25) is 4.79 Å². The van der Waals surface area contributed by atoms with Gasteiger partial charge in [0.25, 0.3) is 5.91 Å². The first-order valence-corrected chi connectivity index (χ1v) is 6.03. The molecular formula is C14H16N2O. The molecule has 0 aromatic heterocycles. The SMILES string of the molecule is CC1CCCCN1C(=O)c1cccc(C#N)c1. The van der Waals surface area contributed by atoms with Gasteiger partial charge < -0.3 is 4.90 Å². The maximum absolute atomic E-state index is 12.3. The molecule has 1 unspecified atom stereocenters. The summed E-state index contributed by atoms with van der Waals surface area (Å²) >= 11 is 0. The van der Waals surface area contributed by atoms with Crippen molar-refractivity contribution >= 4 is 5.91 Å². The van der Waals surface area contributed by atoms with Crippen molar-refractivity contribution in [1.82, 2.24) is 4.90 Å². The van der Waals surface area contributed by atoms with E-state index in [1.165, 1.54) is 6.42 Å². The molecule has 0 spiro atoms. The smallest absolute Gasteiger partial charge is 0.254 e. The minimum absolute atomic E-state index is 0.0503. The lowest BCUT2D eigenvalue weighted by Gasteiger charge is -2.33. The largest absolute Gasteiger partial charge is 0.336 e. The fraction of sp³-hybridized carbons (Fsp3) is 0.429. The minimum atomic E-state index is 0.0503. The van der Waals surface area contributed by atoms with Gasteiger partial charge >= 0.3 is 0 Å². The average molecular weight is 228 g/mol. The Balaban J connectivity index is 2.21. The number of carbonyl (C=O) groups excluding carboxylic acids is 1. The molecule has 1 aliphatic rings. The first-order valence-electron chi connectivity index (χ1n) is 6.03. The van der Waals surface area contributed by atoms with E-state index in [1.807, 2.05) is 4.90 Å². The molecule has 0 radical (unpaired) electrons. The Bertz CT molecular complexity index is 462. The van der Waals surface area contributed by atoms with Crippen molar-refractivity contribution < 1.29 is 4.79 Å². The van der Waals surface area contributed by atoms with E-state index < -0.39 is 0 Å². The lowest BCUT2D eigenvalue weighted by Crippen LogP contribution is -2.42. The molecular weight excluding hydrogens is 212 g/mol. The zero-order valence-electron chi connectivity index (χ0n) is 10.0. The van der Waals surface area contributed by atoms with Crippen LogP contribution >= 0.6 is 0 Å². The Hall–Kier alpha value is -1.82. The van der Waals surface area contributed by atoms with Crippen LogP contribution in [0.3, 0.4) is 0 Å². The molecule has 1 aromatic rings. The van der Waals surface area contributed by atoms with Crippen LogP contribution in [0.1, 0.15) is 42.1 Å². The van der Waals surface area contributed by atoms with Crippen molar-refractivity contribution in [3.05, 3.63) is 35.4 Å². The number of hydrogen-bond acceptors (Lipinski definition) is 2. The highest BCUT2D eigenvalue weighted by molar-refractivity contribution is 5.94. The third-order valence-corrected chi connectivity index (χ3v) is 3.30. The van der Waals surface area contributed by atoms with Crippen LogP contribution < -0.4 is 0 Å². The molecule has 0 aliphatic carbocycles. The van der Waals surface area contributed by atoms with Gasteiger partial charge in [0.15, 0.2) is 0 Å². The standard InChI is InChI=1S/C14H16N2O/c1-11-5-2-3-8-16(11)14(17)13-7-4-6-12(9-13)10-15/h4,6-7,9,11H,2-3,5,8H2,1H3. The molecule has 1 amide bonds. The monoisotopic (exact) mass is 228 g/mol. The molecule has 1 aliphatic heterocycles. The van der Waals surface area contributed by atoms with Gasteiger partial charge in [0.2, 0.25) is 0 Å². The predicted molar refractivity (Wildman–Crippen MR) is 65.5 cm³/mol. The average Bonchev–Trinajstić information content (AvgIpc) is 2.38. The second kappa shape index (κ2) is 5.01. The highest BCUT2D eigenvalue weighted by Crippen LogP contribution is 2.19. The minimum Gasteiger partial charge on any atom is -0.336 e. The number of rotatable bonds is 1. The first-order chi connectivity index (χ1) is 8.22. The molecule has 88 valence electrons. The number of benzene rings is 1. The van der Waals surface area contributed by atoms with Crippen LogP contribution in [0.2, 0.25) is 0 Å². The summed E-state index contributed by atoms with van der Waals surface area (Å²) in [5.41, 5.74) is 1.17. The normalized spacial score (nSPS) is 19.8. The van der Waals surface area contributed by atoms with Crippen molar-refractivity contribution in [3.63, 3.8) is 0 Å². The summed E-state index contributed by atoms with van der Waals surface area (Å²) < 4.78 is 0. The number of nitriles is 1. The van der Waals surface area contributed by atoms with E-state index in [9.17, 15) is 4.79 Å². The topological polar surface area (TPSA) is 44.1 Å². The van der Waals surface area contributed by atoms with Crippen LogP contribution in [0.15, 0.2) is 24.3 Å². The predicted octanol–water partition coefficient (Wildman–Crippen LogP) is 2.57. The van der Waals surface area contributed by atoms with E-state index in [2.05, 4.69) is 13.0 Å². The molecule has 3 nitrogen and oxygen atoms in total. The van der Waals surface area contributed by atoms with Crippen molar-refractivity contribution in [2.24, 2.45) is 0 Å². The number of hydrogen-bond donors (Lipinski definition) is 0. The number of nitrogens with zero attached hydrogens (tertiary/aromatic N) is 2. The molecule has 1 aromatic carbocycles. The van der Waals surface area contributed by atoms with Crippen LogP contribution in [0, 0.1) is 11.3 Å². The van der Waals surface area contributed by atoms with Gasteiger partial charge in [-0.25, -0.2) is 0 Å². The van der Waals surface area contributed by atoms with E-state index in [0.29, 0.717) is 17.2 Å². The molecule has 0 saturated carbocycles. The van der Waals surface area contributed by atoms with Crippen molar-refractivity contribution in [2.75, 3.05) is 6.54 Å². The van der Waals surface area contributed by atoms with Crippen molar-refractivity contribution in [2.45, 2.75) is 32.2 Å². The van der Waals surface area contributed by atoms with Crippen LogP contribution in [-0.2, 0) is 0 Å². The molecule has 1 fully saturated rings. The van der Waals surface area contributed by atoms with Crippen molar-refractivity contribution in [1.29, 1.82) is 5.26 Å². The van der Waals surface area contributed by atoms with Gasteiger partial charge in [-0.1, -0.05) is 6.07 Å². The number of likely N-dealkylation sites (tertiary alicyclic amines) is 1. The fourth-order valence-electron chi connectivity index (χ4n) is 2.29. The Morgan fingerprint density at radius 3 is 3.00 bits per heavy atom. The first kappa shape index (κ1) is 11.7.